The number of thioether (sulfide) groups is 1. The third-order valence-corrected chi connectivity index (χ3v) is 5.25. The van der Waals surface area contributed by atoms with Gasteiger partial charge < -0.3 is 10.1 Å². The Kier molecular flexibility index (Phi) is 6.82. The van der Waals surface area contributed by atoms with E-state index in [1.165, 1.54) is 23.9 Å². The van der Waals surface area contributed by atoms with Gasteiger partial charge in [0.1, 0.15) is 17.3 Å². The van der Waals surface area contributed by atoms with Gasteiger partial charge in [-0.3, -0.25) is 4.79 Å². The lowest BCUT2D eigenvalue weighted by Crippen LogP contribution is -2.33. The van der Waals surface area contributed by atoms with Gasteiger partial charge in [0.05, 0.1) is 17.9 Å². The first-order chi connectivity index (χ1) is 14.0. The van der Waals surface area contributed by atoms with Crippen LogP contribution in [-0.4, -0.2) is 38.0 Å². The zero-order valence-electron chi connectivity index (χ0n) is 16.4. The van der Waals surface area contributed by atoms with E-state index in [0.717, 1.165) is 5.56 Å². The predicted molar refractivity (Wildman–Crippen MR) is 109 cm³/mol. The molecule has 1 N–H and O–H groups in total. The molecule has 3 aromatic rings. The van der Waals surface area contributed by atoms with Crippen molar-refractivity contribution in [3.05, 3.63) is 59.9 Å². The van der Waals surface area contributed by atoms with Crippen LogP contribution in [-0.2, 0) is 4.79 Å². The Morgan fingerprint density at radius 1 is 1.21 bits per heavy atom. The van der Waals surface area contributed by atoms with Gasteiger partial charge in [-0.25, -0.2) is 4.39 Å². The first-order valence-electron chi connectivity index (χ1n) is 9.22. The molecule has 0 aliphatic rings. The molecule has 0 fully saturated rings. The summed E-state index contributed by atoms with van der Waals surface area (Å²) in [5.41, 5.74) is 1.53. The summed E-state index contributed by atoms with van der Waals surface area (Å²) >= 11 is 1.25. The summed E-state index contributed by atoms with van der Waals surface area (Å²) in [6, 6.07) is 13.3. The van der Waals surface area contributed by atoms with Crippen molar-refractivity contribution in [3.8, 4) is 11.4 Å². The second-order valence-electron chi connectivity index (χ2n) is 6.32. The Morgan fingerprint density at radius 3 is 2.66 bits per heavy atom. The number of ether oxygens (including phenoxy) is 1. The molecule has 7 nitrogen and oxygen atoms in total. The largest absolute Gasteiger partial charge is 0.492 e. The SMILES string of the molecule is CCOc1ccccc1-n1nnnc1S[C@H](C)C(=O)N[C@H](C)c1ccc(F)cc1. The van der Waals surface area contributed by atoms with Gasteiger partial charge in [-0.15, -0.1) is 5.10 Å². The monoisotopic (exact) mass is 415 g/mol. The van der Waals surface area contributed by atoms with Crippen molar-refractivity contribution in [2.75, 3.05) is 6.61 Å². The molecule has 0 spiro atoms. The molecule has 1 heterocycles. The maximum atomic E-state index is 13.1. The van der Waals surface area contributed by atoms with Gasteiger partial charge in [-0.05, 0) is 61.0 Å². The fourth-order valence-electron chi connectivity index (χ4n) is 2.69. The standard InChI is InChI=1S/C20H22FN5O2S/c1-4-28-18-8-6-5-7-17(18)26-20(23-24-25-26)29-14(3)19(27)22-13(2)15-9-11-16(21)12-10-15/h5-14H,4H2,1-3H3,(H,22,27)/t13-,14-/m1/s1. The van der Waals surface area contributed by atoms with Crippen LogP contribution in [0.4, 0.5) is 4.39 Å². The number of nitrogens with zero attached hydrogens (tertiary/aromatic N) is 4. The van der Waals surface area contributed by atoms with Gasteiger partial charge in [0.15, 0.2) is 0 Å². The van der Waals surface area contributed by atoms with E-state index in [0.29, 0.717) is 23.2 Å². The lowest BCUT2D eigenvalue weighted by molar-refractivity contribution is -0.120. The van der Waals surface area contributed by atoms with Crippen molar-refractivity contribution >= 4 is 17.7 Å². The molecule has 9 heteroatoms. The van der Waals surface area contributed by atoms with Crippen molar-refractivity contribution < 1.29 is 13.9 Å². The average molecular weight is 415 g/mol. The first kappa shape index (κ1) is 20.8. The van der Waals surface area contributed by atoms with Crippen LogP contribution in [0.15, 0.2) is 53.7 Å². The minimum absolute atomic E-state index is 0.167. The number of halogens is 1. The third-order valence-electron chi connectivity index (χ3n) is 4.21. The highest BCUT2D eigenvalue weighted by Gasteiger charge is 2.22. The summed E-state index contributed by atoms with van der Waals surface area (Å²) in [5, 5.41) is 14.8. The molecule has 0 unspecified atom stereocenters. The Morgan fingerprint density at radius 2 is 1.93 bits per heavy atom. The van der Waals surface area contributed by atoms with E-state index >= 15 is 0 Å². The quantitative estimate of drug-likeness (QED) is 0.567. The number of para-hydroxylation sites is 2. The second kappa shape index (κ2) is 9.51. The number of amides is 1. The maximum Gasteiger partial charge on any atom is 0.233 e. The molecule has 29 heavy (non-hydrogen) atoms. The Bertz CT molecular complexity index is 964. The van der Waals surface area contributed by atoms with E-state index in [1.807, 2.05) is 38.1 Å². The molecule has 2 aromatic carbocycles. The van der Waals surface area contributed by atoms with Crippen LogP contribution >= 0.6 is 11.8 Å². The van der Waals surface area contributed by atoms with Crippen LogP contribution in [0.5, 0.6) is 5.75 Å². The summed E-state index contributed by atoms with van der Waals surface area (Å²) in [7, 11) is 0. The lowest BCUT2D eigenvalue weighted by atomic mass is 10.1. The lowest BCUT2D eigenvalue weighted by Gasteiger charge is -2.17. The van der Waals surface area contributed by atoms with Crippen molar-refractivity contribution in [2.45, 2.75) is 37.2 Å². The molecule has 0 saturated heterocycles. The molecule has 152 valence electrons. The third kappa shape index (κ3) is 5.11. The molecular weight excluding hydrogens is 393 g/mol. The molecule has 0 bridgehead atoms. The van der Waals surface area contributed by atoms with Crippen LogP contribution in [0.3, 0.4) is 0 Å². The topological polar surface area (TPSA) is 81.9 Å². The van der Waals surface area contributed by atoms with Crippen molar-refractivity contribution in [2.24, 2.45) is 0 Å². The first-order valence-corrected chi connectivity index (χ1v) is 10.1. The molecule has 1 amide bonds. The molecule has 0 saturated carbocycles. The highest BCUT2D eigenvalue weighted by molar-refractivity contribution is 8.00. The molecule has 0 aliphatic heterocycles. The van der Waals surface area contributed by atoms with Crippen LogP contribution in [0.25, 0.3) is 5.69 Å². The zero-order valence-corrected chi connectivity index (χ0v) is 17.2. The summed E-state index contributed by atoms with van der Waals surface area (Å²) in [4.78, 5) is 12.6. The minimum Gasteiger partial charge on any atom is -0.492 e. The van der Waals surface area contributed by atoms with E-state index in [1.54, 1.807) is 23.7 Å². The fraction of sp³-hybridized carbons (Fsp3) is 0.300. The highest BCUT2D eigenvalue weighted by Crippen LogP contribution is 2.28. The van der Waals surface area contributed by atoms with Crippen molar-refractivity contribution in [1.29, 1.82) is 0 Å². The number of carbonyl (C=O) groups is 1. The van der Waals surface area contributed by atoms with E-state index < -0.39 is 5.25 Å². The molecular formula is C20H22FN5O2S. The Balaban J connectivity index is 1.70. The molecule has 0 radical (unpaired) electrons. The smallest absolute Gasteiger partial charge is 0.233 e. The number of tetrazole rings is 1. The number of rotatable bonds is 8. The number of carbonyl (C=O) groups excluding carboxylic acids is 1. The van der Waals surface area contributed by atoms with Crippen LogP contribution in [0.1, 0.15) is 32.4 Å². The number of hydrogen-bond donors (Lipinski definition) is 1. The summed E-state index contributed by atoms with van der Waals surface area (Å²) in [6.45, 7) is 6.05. The fourth-order valence-corrected chi connectivity index (χ4v) is 3.50. The van der Waals surface area contributed by atoms with Gasteiger partial charge in [-0.2, -0.15) is 4.68 Å². The van der Waals surface area contributed by atoms with Gasteiger partial charge in [0.25, 0.3) is 0 Å². The van der Waals surface area contributed by atoms with Crippen molar-refractivity contribution in [1.82, 2.24) is 25.5 Å². The van der Waals surface area contributed by atoms with Crippen LogP contribution in [0.2, 0.25) is 0 Å². The normalized spacial score (nSPS) is 13.0. The number of benzene rings is 2. The summed E-state index contributed by atoms with van der Waals surface area (Å²) in [6.07, 6.45) is 0. The van der Waals surface area contributed by atoms with Gasteiger partial charge in [-0.1, -0.05) is 36.0 Å². The minimum atomic E-state index is -0.443. The van der Waals surface area contributed by atoms with E-state index in [4.69, 9.17) is 4.74 Å². The average Bonchev–Trinajstić information content (AvgIpc) is 3.17. The molecule has 1 aromatic heterocycles. The molecule has 2 atom stereocenters. The maximum absolute atomic E-state index is 13.1. The van der Waals surface area contributed by atoms with E-state index in [9.17, 15) is 9.18 Å². The van der Waals surface area contributed by atoms with Crippen LogP contribution in [0, 0.1) is 5.82 Å². The highest BCUT2D eigenvalue weighted by atomic mass is 32.2. The summed E-state index contributed by atoms with van der Waals surface area (Å²) in [5.74, 6) is 0.182. The molecule has 3 rings (SSSR count). The summed E-state index contributed by atoms with van der Waals surface area (Å²) < 4.78 is 20.3. The van der Waals surface area contributed by atoms with E-state index in [2.05, 4.69) is 20.8 Å². The van der Waals surface area contributed by atoms with Gasteiger partial charge in [0.2, 0.25) is 11.1 Å². The Hall–Kier alpha value is -2.94. The van der Waals surface area contributed by atoms with Gasteiger partial charge >= 0.3 is 0 Å². The Labute approximate surface area is 172 Å². The van der Waals surface area contributed by atoms with Crippen LogP contribution < -0.4 is 10.1 Å². The number of hydrogen-bond acceptors (Lipinski definition) is 6. The predicted octanol–water partition coefficient (Wildman–Crippen LogP) is 3.56. The second-order valence-corrected chi connectivity index (χ2v) is 7.62. The molecule has 0 aliphatic carbocycles. The number of aromatic nitrogens is 4. The zero-order chi connectivity index (χ0) is 20.8. The van der Waals surface area contributed by atoms with Crippen molar-refractivity contribution in [3.63, 3.8) is 0 Å². The number of nitrogens with one attached hydrogen (secondary N) is 1. The van der Waals surface area contributed by atoms with Gasteiger partial charge in [0, 0.05) is 0 Å². The van der Waals surface area contributed by atoms with E-state index in [-0.39, 0.29) is 17.8 Å².